The van der Waals surface area contributed by atoms with Crippen LogP contribution in [0.5, 0.6) is 0 Å². The van der Waals surface area contributed by atoms with Gasteiger partial charge in [0, 0.05) is 18.9 Å². The molecule has 0 bridgehead atoms. The van der Waals surface area contributed by atoms with Crippen LogP contribution in [-0.4, -0.2) is 38.1 Å². The summed E-state index contributed by atoms with van der Waals surface area (Å²) in [7, 11) is -2.99. The van der Waals surface area contributed by atoms with E-state index in [1.54, 1.807) is 0 Å². The Morgan fingerprint density at radius 3 is 2.00 bits per heavy atom. The summed E-state index contributed by atoms with van der Waals surface area (Å²) in [5.41, 5.74) is 5.36. The summed E-state index contributed by atoms with van der Waals surface area (Å²) >= 11 is 0. The van der Waals surface area contributed by atoms with Gasteiger partial charge in [-0.05, 0) is 33.7 Å². The molecule has 6 heteroatoms. The fraction of sp³-hybridized carbons (Fsp3) is 1.00. The van der Waals surface area contributed by atoms with E-state index in [1.165, 1.54) is 0 Å². The fourth-order valence-corrected chi connectivity index (χ4v) is 3.98. The molecule has 0 fully saturated rings. The van der Waals surface area contributed by atoms with Crippen LogP contribution in [0, 0.1) is 0 Å². The number of ether oxygens (including phenoxy) is 2. The molecule has 0 radical (unpaired) electrons. The minimum absolute atomic E-state index is 0.157. The molecule has 2 N–H and O–H groups in total. The van der Waals surface area contributed by atoms with Crippen molar-refractivity contribution in [2.75, 3.05) is 26.4 Å². The third-order valence-electron chi connectivity index (χ3n) is 2.44. The van der Waals surface area contributed by atoms with Crippen LogP contribution < -0.4 is 5.73 Å². The molecule has 2 atom stereocenters. The van der Waals surface area contributed by atoms with Crippen LogP contribution in [0.1, 0.15) is 34.1 Å². The highest BCUT2D eigenvalue weighted by Crippen LogP contribution is 2.57. The van der Waals surface area contributed by atoms with Crippen molar-refractivity contribution >= 4 is 7.37 Å². The Hall–Kier alpha value is 0.0700. The topological polar surface area (TPSA) is 70.8 Å². The van der Waals surface area contributed by atoms with Gasteiger partial charge in [0.05, 0.1) is 6.61 Å². The van der Waals surface area contributed by atoms with Gasteiger partial charge in [-0.25, -0.2) is 0 Å². The number of rotatable bonds is 10. The highest BCUT2D eigenvalue weighted by Gasteiger charge is 2.40. The second kappa shape index (κ2) is 9.06. The predicted octanol–water partition coefficient (Wildman–Crippen LogP) is 2.39. The molecular weight excluding hydrogens is 241 g/mol. The summed E-state index contributed by atoms with van der Waals surface area (Å²) in [4.78, 5) is 0. The predicted molar refractivity (Wildman–Crippen MR) is 69.4 cm³/mol. The monoisotopic (exact) mass is 267 g/mol. The minimum atomic E-state index is -2.99. The zero-order valence-corrected chi connectivity index (χ0v) is 12.2. The molecule has 0 saturated carbocycles. The van der Waals surface area contributed by atoms with Gasteiger partial charge < -0.3 is 19.7 Å². The van der Waals surface area contributed by atoms with E-state index in [2.05, 4.69) is 0 Å². The maximum Gasteiger partial charge on any atom is 0.260 e. The van der Waals surface area contributed by atoms with Crippen molar-refractivity contribution in [3.63, 3.8) is 0 Å². The third-order valence-corrected chi connectivity index (χ3v) is 5.48. The van der Waals surface area contributed by atoms with Gasteiger partial charge in [-0.1, -0.05) is 6.92 Å². The second-order valence-electron chi connectivity index (χ2n) is 3.71. The van der Waals surface area contributed by atoms with Crippen molar-refractivity contribution in [1.82, 2.24) is 0 Å². The molecule has 0 aliphatic carbocycles. The van der Waals surface area contributed by atoms with Crippen molar-refractivity contribution in [2.45, 2.75) is 45.8 Å². The molecular formula is C11H26NO4P. The molecule has 0 spiro atoms. The molecule has 17 heavy (non-hydrogen) atoms. The molecule has 0 saturated heterocycles. The van der Waals surface area contributed by atoms with E-state index >= 15 is 0 Å². The standard InChI is InChI=1S/C11H26NO4P/c1-5-14-11(15-6-2)17(13,16-7-3)10(4)8-9-12/h10-11H,5-9,12H2,1-4H3. The Morgan fingerprint density at radius 1 is 1.12 bits per heavy atom. The largest absolute Gasteiger partial charge is 0.345 e. The van der Waals surface area contributed by atoms with Crippen LogP contribution in [0.25, 0.3) is 0 Å². The maximum absolute atomic E-state index is 12.9. The summed E-state index contributed by atoms with van der Waals surface area (Å²) in [6.07, 6.45) is 0.633. The quantitative estimate of drug-likeness (QED) is 0.486. The Bertz CT molecular complexity index is 232. The highest BCUT2D eigenvalue weighted by molar-refractivity contribution is 7.60. The van der Waals surface area contributed by atoms with E-state index in [0.29, 0.717) is 32.8 Å². The lowest BCUT2D eigenvalue weighted by atomic mass is 10.3. The van der Waals surface area contributed by atoms with Gasteiger partial charge in [-0.15, -0.1) is 0 Å². The number of hydrogen-bond acceptors (Lipinski definition) is 5. The molecule has 104 valence electrons. The van der Waals surface area contributed by atoms with Crippen LogP contribution in [0.3, 0.4) is 0 Å². The minimum Gasteiger partial charge on any atom is -0.345 e. The van der Waals surface area contributed by atoms with Gasteiger partial charge in [-0.3, -0.25) is 4.57 Å². The maximum atomic E-state index is 12.9. The van der Waals surface area contributed by atoms with Crippen molar-refractivity contribution in [3.05, 3.63) is 0 Å². The lowest BCUT2D eigenvalue weighted by Gasteiger charge is -2.30. The normalized spacial score (nSPS) is 17.1. The van der Waals surface area contributed by atoms with E-state index in [0.717, 1.165) is 0 Å². The number of hydrogen-bond donors (Lipinski definition) is 1. The average molecular weight is 267 g/mol. The first-order valence-corrected chi connectivity index (χ1v) is 8.00. The molecule has 0 aliphatic rings. The molecule has 0 rings (SSSR count). The van der Waals surface area contributed by atoms with Crippen LogP contribution in [0.4, 0.5) is 0 Å². The van der Waals surface area contributed by atoms with Crippen molar-refractivity contribution in [1.29, 1.82) is 0 Å². The zero-order chi connectivity index (χ0) is 13.3. The smallest absolute Gasteiger partial charge is 0.260 e. The van der Waals surface area contributed by atoms with Gasteiger partial charge in [0.1, 0.15) is 0 Å². The summed E-state index contributed by atoms with van der Waals surface area (Å²) in [5.74, 6) is 0. The first-order chi connectivity index (χ1) is 8.06. The van der Waals surface area contributed by atoms with Gasteiger partial charge in [0.2, 0.25) is 6.03 Å². The van der Waals surface area contributed by atoms with E-state index in [9.17, 15) is 4.57 Å². The van der Waals surface area contributed by atoms with Crippen LogP contribution in [-0.2, 0) is 18.6 Å². The number of nitrogens with two attached hydrogens (primary N) is 1. The van der Waals surface area contributed by atoms with E-state index < -0.39 is 13.4 Å². The third kappa shape index (κ3) is 5.06. The van der Waals surface area contributed by atoms with Crippen LogP contribution in [0.2, 0.25) is 0 Å². The lowest BCUT2D eigenvalue weighted by Crippen LogP contribution is -2.26. The van der Waals surface area contributed by atoms with Gasteiger partial charge in [-0.2, -0.15) is 0 Å². The molecule has 5 nitrogen and oxygen atoms in total. The molecule has 0 aromatic carbocycles. The van der Waals surface area contributed by atoms with E-state index in [4.69, 9.17) is 19.7 Å². The Morgan fingerprint density at radius 2 is 1.65 bits per heavy atom. The first kappa shape index (κ1) is 17.1. The highest BCUT2D eigenvalue weighted by atomic mass is 31.2. The average Bonchev–Trinajstić information content (AvgIpc) is 2.29. The summed E-state index contributed by atoms with van der Waals surface area (Å²) < 4.78 is 29.1. The SMILES string of the molecule is CCOC(OCC)P(=O)(OCC)C(C)CCN. The van der Waals surface area contributed by atoms with Crippen molar-refractivity contribution in [2.24, 2.45) is 5.73 Å². The molecule has 0 amide bonds. The molecule has 0 aromatic heterocycles. The molecule has 0 aromatic rings. The summed E-state index contributed by atoms with van der Waals surface area (Å²) in [5, 5.41) is 0. The van der Waals surface area contributed by atoms with Gasteiger partial charge in [0.15, 0.2) is 0 Å². The Kier molecular flexibility index (Phi) is 9.10. The van der Waals surface area contributed by atoms with Gasteiger partial charge >= 0.3 is 0 Å². The Balaban J connectivity index is 4.90. The lowest BCUT2D eigenvalue weighted by molar-refractivity contribution is -0.0896. The second-order valence-corrected chi connectivity index (χ2v) is 6.56. The van der Waals surface area contributed by atoms with E-state index in [-0.39, 0.29) is 5.66 Å². The summed E-state index contributed by atoms with van der Waals surface area (Å²) in [6, 6.07) is -0.779. The summed E-state index contributed by atoms with van der Waals surface area (Å²) in [6.45, 7) is 9.11. The van der Waals surface area contributed by atoms with Crippen LogP contribution >= 0.6 is 7.37 Å². The zero-order valence-electron chi connectivity index (χ0n) is 11.3. The van der Waals surface area contributed by atoms with Crippen LogP contribution in [0.15, 0.2) is 0 Å². The van der Waals surface area contributed by atoms with Gasteiger partial charge in [0.25, 0.3) is 7.37 Å². The fourth-order valence-electron chi connectivity index (χ4n) is 1.56. The van der Waals surface area contributed by atoms with Crippen molar-refractivity contribution < 1.29 is 18.6 Å². The molecule has 2 unspecified atom stereocenters. The first-order valence-electron chi connectivity index (χ1n) is 6.23. The Labute approximate surface area is 104 Å². The van der Waals surface area contributed by atoms with Crippen molar-refractivity contribution in [3.8, 4) is 0 Å². The molecule has 0 aliphatic heterocycles. The molecule has 0 heterocycles. The van der Waals surface area contributed by atoms with E-state index in [1.807, 2.05) is 27.7 Å².